The first-order valence-electron chi connectivity index (χ1n) is 18.1. The van der Waals surface area contributed by atoms with Crippen molar-refractivity contribution in [2.45, 2.75) is 5.41 Å². The SMILES string of the molecule is c1ccc(-c2nc3ccccc3nc2-c2ccc3c(c2)C2(c4ccccc4-c4ccccc42)c2cc(-c4ccc(-c5cccnc5)cc4)ccc2-3)cc1. The summed E-state index contributed by atoms with van der Waals surface area (Å²) in [6.45, 7) is 0. The van der Waals surface area contributed by atoms with Crippen LogP contribution in [0.25, 0.3) is 78.1 Å². The lowest BCUT2D eigenvalue weighted by Gasteiger charge is -2.31. The Bertz CT molecular complexity index is 2830. The summed E-state index contributed by atoms with van der Waals surface area (Å²) < 4.78 is 0. The zero-order chi connectivity index (χ0) is 34.9. The highest BCUT2D eigenvalue weighted by Gasteiger charge is 2.51. The molecular weight excluding hydrogens is 643 g/mol. The van der Waals surface area contributed by atoms with E-state index in [9.17, 15) is 0 Å². The molecule has 3 nitrogen and oxygen atoms in total. The number of hydrogen-bond donors (Lipinski definition) is 0. The average molecular weight is 674 g/mol. The van der Waals surface area contributed by atoms with Crippen molar-refractivity contribution in [2.24, 2.45) is 0 Å². The van der Waals surface area contributed by atoms with Crippen LogP contribution in [0.1, 0.15) is 22.3 Å². The van der Waals surface area contributed by atoms with Crippen LogP contribution in [0.3, 0.4) is 0 Å². The largest absolute Gasteiger partial charge is 0.264 e. The number of benzene rings is 7. The molecule has 2 aliphatic carbocycles. The molecule has 0 saturated heterocycles. The molecule has 0 atom stereocenters. The van der Waals surface area contributed by atoms with Crippen LogP contribution in [0.5, 0.6) is 0 Å². The fourth-order valence-electron chi connectivity index (χ4n) is 8.85. The minimum atomic E-state index is -0.503. The van der Waals surface area contributed by atoms with Crippen LogP contribution in [-0.4, -0.2) is 15.0 Å². The summed E-state index contributed by atoms with van der Waals surface area (Å²) in [5.74, 6) is 0. The summed E-state index contributed by atoms with van der Waals surface area (Å²) in [5.41, 5.74) is 20.1. The van der Waals surface area contributed by atoms with Crippen LogP contribution >= 0.6 is 0 Å². The maximum Gasteiger partial charge on any atom is 0.0973 e. The Labute approximate surface area is 308 Å². The molecule has 0 bridgehead atoms. The Morgan fingerprint density at radius 3 is 1.42 bits per heavy atom. The first-order valence-corrected chi connectivity index (χ1v) is 18.1. The van der Waals surface area contributed by atoms with E-state index in [1.165, 1.54) is 55.6 Å². The predicted molar refractivity (Wildman–Crippen MR) is 215 cm³/mol. The van der Waals surface area contributed by atoms with Gasteiger partial charge in [0.25, 0.3) is 0 Å². The molecule has 0 N–H and O–H groups in total. The van der Waals surface area contributed by atoms with Crippen LogP contribution in [0, 0.1) is 0 Å². The van der Waals surface area contributed by atoms with E-state index in [2.05, 4.69) is 151 Å². The summed E-state index contributed by atoms with van der Waals surface area (Å²) in [4.78, 5) is 14.9. The van der Waals surface area contributed by atoms with Crippen LogP contribution in [0.2, 0.25) is 0 Å². The van der Waals surface area contributed by atoms with Gasteiger partial charge in [0.15, 0.2) is 0 Å². The molecule has 0 radical (unpaired) electrons. The van der Waals surface area contributed by atoms with E-state index in [-0.39, 0.29) is 0 Å². The predicted octanol–water partition coefficient (Wildman–Crippen LogP) is 12.0. The van der Waals surface area contributed by atoms with Crippen molar-refractivity contribution >= 4 is 11.0 Å². The molecule has 246 valence electrons. The molecule has 53 heavy (non-hydrogen) atoms. The summed E-state index contributed by atoms with van der Waals surface area (Å²) >= 11 is 0. The molecule has 0 unspecified atom stereocenters. The molecule has 0 amide bonds. The molecule has 9 aromatic rings. The zero-order valence-electron chi connectivity index (χ0n) is 28.7. The second-order valence-corrected chi connectivity index (χ2v) is 14.0. The Balaban J connectivity index is 1.16. The first kappa shape index (κ1) is 29.7. The normalized spacial score (nSPS) is 13.1. The number of hydrogen-bond acceptors (Lipinski definition) is 3. The maximum absolute atomic E-state index is 5.32. The molecule has 3 heteroatoms. The molecule has 2 aliphatic rings. The van der Waals surface area contributed by atoms with Crippen LogP contribution < -0.4 is 0 Å². The third kappa shape index (κ3) is 4.38. The van der Waals surface area contributed by atoms with Gasteiger partial charge in [-0.05, 0) is 97.1 Å². The summed E-state index contributed by atoms with van der Waals surface area (Å²) in [7, 11) is 0. The molecule has 2 heterocycles. The lowest BCUT2D eigenvalue weighted by molar-refractivity contribution is 0.794. The van der Waals surface area contributed by atoms with E-state index in [1.54, 1.807) is 0 Å². The first-order chi connectivity index (χ1) is 26.3. The Kier molecular flexibility index (Phi) is 6.47. The van der Waals surface area contributed by atoms with Gasteiger partial charge in [0.05, 0.1) is 27.8 Å². The fourth-order valence-corrected chi connectivity index (χ4v) is 8.85. The van der Waals surface area contributed by atoms with Gasteiger partial charge >= 0.3 is 0 Å². The number of pyridine rings is 1. The van der Waals surface area contributed by atoms with E-state index < -0.39 is 5.41 Å². The van der Waals surface area contributed by atoms with E-state index in [1.807, 2.05) is 42.7 Å². The highest BCUT2D eigenvalue weighted by molar-refractivity contribution is 5.97. The van der Waals surface area contributed by atoms with E-state index in [0.717, 1.165) is 44.7 Å². The van der Waals surface area contributed by atoms with Crippen molar-refractivity contribution in [1.82, 2.24) is 15.0 Å². The van der Waals surface area contributed by atoms with Gasteiger partial charge < -0.3 is 0 Å². The highest BCUT2D eigenvalue weighted by Crippen LogP contribution is 2.63. The fraction of sp³-hybridized carbons (Fsp3) is 0.0200. The van der Waals surface area contributed by atoms with Gasteiger partial charge in [-0.1, -0.05) is 146 Å². The third-order valence-electron chi connectivity index (χ3n) is 11.2. The number of para-hydroxylation sites is 2. The van der Waals surface area contributed by atoms with Crippen molar-refractivity contribution in [3.63, 3.8) is 0 Å². The molecule has 7 aromatic carbocycles. The Hall–Kier alpha value is -6.97. The second kappa shape index (κ2) is 11.5. The molecule has 1 spiro atoms. The molecule has 0 aliphatic heterocycles. The summed E-state index contributed by atoms with van der Waals surface area (Å²) in [6.07, 6.45) is 3.73. The van der Waals surface area contributed by atoms with Crippen LogP contribution in [0.15, 0.2) is 188 Å². The monoisotopic (exact) mass is 673 g/mol. The molecular formula is C50H31N3. The third-order valence-corrected chi connectivity index (χ3v) is 11.2. The van der Waals surface area contributed by atoms with Gasteiger partial charge in [-0.2, -0.15) is 0 Å². The van der Waals surface area contributed by atoms with E-state index in [0.29, 0.717) is 0 Å². The maximum atomic E-state index is 5.32. The number of aromatic nitrogens is 3. The van der Waals surface area contributed by atoms with Crippen molar-refractivity contribution in [3.8, 4) is 67.0 Å². The molecule has 0 fully saturated rings. The smallest absolute Gasteiger partial charge is 0.0973 e. The number of fused-ring (bicyclic) bond motifs is 11. The molecule has 2 aromatic heterocycles. The van der Waals surface area contributed by atoms with E-state index >= 15 is 0 Å². The van der Waals surface area contributed by atoms with Crippen molar-refractivity contribution in [2.75, 3.05) is 0 Å². The second-order valence-electron chi connectivity index (χ2n) is 14.0. The zero-order valence-corrected chi connectivity index (χ0v) is 28.7. The van der Waals surface area contributed by atoms with Crippen molar-refractivity contribution in [1.29, 1.82) is 0 Å². The Morgan fingerprint density at radius 1 is 0.321 bits per heavy atom. The van der Waals surface area contributed by atoms with Crippen LogP contribution in [-0.2, 0) is 5.41 Å². The quantitative estimate of drug-likeness (QED) is 0.187. The van der Waals surface area contributed by atoms with Gasteiger partial charge in [-0.3, -0.25) is 4.98 Å². The Morgan fingerprint density at radius 2 is 0.792 bits per heavy atom. The van der Waals surface area contributed by atoms with Gasteiger partial charge in [0.2, 0.25) is 0 Å². The van der Waals surface area contributed by atoms with E-state index in [4.69, 9.17) is 9.97 Å². The standard InChI is InChI=1S/C50H31N3/c1-2-11-34(12-3-1)48-49(53-47-19-9-8-18-46(47)52-48)36-25-27-41-40-26-24-35(32-20-22-33(23-21-32)37-13-10-28-51-31-37)29-44(40)50(45(41)30-36)42-16-6-4-14-38(42)39-15-5-7-17-43(39)50/h1-31H. The lowest BCUT2D eigenvalue weighted by atomic mass is 9.70. The number of rotatable bonds is 4. The number of nitrogens with zero attached hydrogens (tertiary/aromatic N) is 3. The molecule has 11 rings (SSSR count). The lowest BCUT2D eigenvalue weighted by Crippen LogP contribution is -2.26. The minimum absolute atomic E-state index is 0.503. The van der Waals surface area contributed by atoms with Crippen LogP contribution in [0.4, 0.5) is 0 Å². The summed E-state index contributed by atoms with van der Waals surface area (Å²) in [6, 6.07) is 63.5. The van der Waals surface area contributed by atoms with Gasteiger partial charge in [-0.25, -0.2) is 9.97 Å². The summed E-state index contributed by atoms with van der Waals surface area (Å²) in [5, 5.41) is 0. The van der Waals surface area contributed by atoms with Crippen molar-refractivity contribution in [3.05, 3.63) is 211 Å². The van der Waals surface area contributed by atoms with Gasteiger partial charge in [0.1, 0.15) is 0 Å². The average Bonchev–Trinajstić information content (AvgIpc) is 3.70. The topological polar surface area (TPSA) is 38.7 Å². The molecule has 0 saturated carbocycles. The van der Waals surface area contributed by atoms with Gasteiger partial charge in [0, 0.05) is 23.5 Å². The highest BCUT2D eigenvalue weighted by atomic mass is 14.8. The van der Waals surface area contributed by atoms with Gasteiger partial charge in [-0.15, -0.1) is 0 Å². The minimum Gasteiger partial charge on any atom is -0.264 e. The van der Waals surface area contributed by atoms with Crippen molar-refractivity contribution < 1.29 is 0 Å².